The molecule has 7 nitrogen and oxygen atoms in total. The Labute approximate surface area is 94.7 Å². The first kappa shape index (κ1) is 13.3. The zero-order valence-corrected chi connectivity index (χ0v) is 9.64. The summed E-state index contributed by atoms with van der Waals surface area (Å²) in [7, 11) is 3.32. The molecule has 0 radical (unpaired) electrons. The Hall–Kier alpha value is -0.730. The molecule has 0 aromatic heterocycles. The Morgan fingerprint density at radius 1 is 1.38 bits per heavy atom. The van der Waals surface area contributed by atoms with E-state index in [9.17, 15) is 4.79 Å². The molecule has 2 atom stereocenters. The van der Waals surface area contributed by atoms with Crippen LogP contribution in [0.2, 0.25) is 0 Å². The molecule has 0 amide bonds. The normalized spacial score (nSPS) is 25.9. The van der Waals surface area contributed by atoms with Crippen molar-refractivity contribution >= 4 is 5.97 Å². The monoisotopic (exact) mass is 233 g/mol. The first-order chi connectivity index (χ1) is 7.71. The summed E-state index contributed by atoms with van der Waals surface area (Å²) < 4.78 is 10.6. The minimum absolute atomic E-state index is 0.0636. The van der Waals surface area contributed by atoms with E-state index >= 15 is 0 Å². The van der Waals surface area contributed by atoms with Crippen LogP contribution in [0.1, 0.15) is 6.42 Å². The number of nitrogens with two attached hydrogens (primary N) is 1. The van der Waals surface area contributed by atoms with E-state index < -0.39 is 0 Å². The SMILES string of the molecule is COC1CN(CCC(=O)ONN)CC1OC. The maximum absolute atomic E-state index is 11.0. The molecule has 1 aliphatic heterocycles. The summed E-state index contributed by atoms with van der Waals surface area (Å²) in [5.74, 6) is 4.48. The van der Waals surface area contributed by atoms with E-state index in [2.05, 4.69) is 9.74 Å². The molecule has 1 heterocycles. The van der Waals surface area contributed by atoms with Gasteiger partial charge in [0, 0.05) is 33.9 Å². The van der Waals surface area contributed by atoms with Crippen LogP contribution in [-0.4, -0.2) is 56.9 Å². The number of carbonyl (C=O) groups is 1. The Balaban J connectivity index is 2.27. The van der Waals surface area contributed by atoms with Gasteiger partial charge >= 0.3 is 5.97 Å². The van der Waals surface area contributed by atoms with E-state index in [1.807, 2.05) is 5.59 Å². The minimum atomic E-state index is -0.377. The number of ether oxygens (including phenoxy) is 2. The average molecular weight is 233 g/mol. The van der Waals surface area contributed by atoms with Crippen molar-refractivity contribution in [3.05, 3.63) is 0 Å². The second-order valence-corrected chi connectivity index (χ2v) is 3.65. The third-order valence-corrected chi connectivity index (χ3v) is 2.70. The minimum Gasteiger partial charge on any atom is -0.377 e. The zero-order chi connectivity index (χ0) is 12.0. The molecule has 0 aliphatic carbocycles. The van der Waals surface area contributed by atoms with Crippen LogP contribution in [-0.2, 0) is 19.1 Å². The van der Waals surface area contributed by atoms with E-state index in [-0.39, 0.29) is 24.6 Å². The molecule has 16 heavy (non-hydrogen) atoms. The fourth-order valence-corrected chi connectivity index (χ4v) is 1.82. The number of nitrogens with zero attached hydrogens (tertiary/aromatic N) is 1. The van der Waals surface area contributed by atoms with Gasteiger partial charge in [0.25, 0.3) is 0 Å². The number of likely N-dealkylation sites (tertiary alicyclic amines) is 1. The highest BCUT2D eigenvalue weighted by Crippen LogP contribution is 2.15. The van der Waals surface area contributed by atoms with Gasteiger partial charge in [-0.25, -0.2) is 5.84 Å². The van der Waals surface area contributed by atoms with E-state index in [1.54, 1.807) is 14.2 Å². The van der Waals surface area contributed by atoms with Crippen molar-refractivity contribution < 1.29 is 19.1 Å². The van der Waals surface area contributed by atoms with Gasteiger partial charge in [0.15, 0.2) is 0 Å². The van der Waals surface area contributed by atoms with Gasteiger partial charge in [-0.05, 0) is 0 Å². The van der Waals surface area contributed by atoms with Gasteiger partial charge in [-0.3, -0.25) is 9.69 Å². The van der Waals surface area contributed by atoms with Crippen LogP contribution >= 0.6 is 0 Å². The van der Waals surface area contributed by atoms with Gasteiger partial charge in [0.05, 0.1) is 18.6 Å². The smallest absolute Gasteiger partial charge is 0.327 e. The average Bonchev–Trinajstić information content (AvgIpc) is 2.69. The molecule has 1 aliphatic rings. The van der Waals surface area contributed by atoms with E-state index in [0.29, 0.717) is 6.54 Å². The summed E-state index contributed by atoms with van der Waals surface area (Å²) >= 11 is 0. The molecule has 7 heteroatoms. The summed E-state index contributed by atoms with van der Waals surface area (Å²) in [5.41, 5.74) is 1.87. The van der Waals surface area contributed by atoms with Crippen molar-refractivity contribution in [2.75, 3.05) is 33.9 Å². The predicted molar refractivity (Wildman–Crippen MR) is 56.1 cm³/mol. The van der Waals surface area contributed by atoms with Gasteiger partial charge in [0.2, 0.25) is 0 Å². The van der Waals surface area contributed by atoms with Crippen molar-refractivity contribution in [3.63, 3.8) is 0 Å². The fourth-order valence-electron chi connectivity index (χ4n) is 1.82. The second-order valence-electron chi connectivity index (χ2n) is 3.65. The highest BCUT2D eigenvalue weighted by molar-refractivity contribution is 5.69. The maximum atomic E-state index is 11.0. The summed E-state index contributed by atoms with van der Waals surface area (Å²) in [6, 6.07) is 0. The van der Waals surface area contributed by atoms with Crippen LogP contribution in [0.15, 0.2) is 0 Å². The number of carbonyl (C=O) groups excluding carboxylic acids is 1. The largest absolute Gasteiger partial charge is 0.377 e. The molecule has 1 rings (SSSR count). The van der Waals surface area contributed by atoms with Crippen molar-refractivity contribution in [1.82, 2.24) is 10.5 Å². The molecule has 0 aromatic rings. The standard InChI is InChI=1S/C9H19N3O4/c1-14-7-5-12(6-8(7)15-2)4-3-9(13)16-11-10/h7-8,11H,3-6,10H2,1-2H3. The molecule has 2 unspecified atom stereocenters. The number of hydrogen-bond donors (Lipinski definition) is 2. The van der Waals surface area contributed by atoms with Crippen LogP contribution in [0.3, 0.4) is 0 Å². The van der Waals surface area contributed by atoms with Crippen molar-refractivity contribution in [1.29, 1.82) is 0 Å². The van der Waals surface area contributed by atoms with E-state index in [4.69, 9.17) is 15.3 Å². The molecule has 94 valence electrons. The Morgan fingerprint density at radius 3 is 2.38 bits per heavy atom. The van der Waals surface area contributed by atoms with Gasteiger partial charge in [-0.15, -0.1) is 0 Å². The van der Waals surface area contributed by atoms with E-state index in [0.717, 1.165) is 13.1 Å². The summed E-state index contributed by atoms with van der Waals surface area (Å²) in [5, 5.41) is 0. The fraction of sp³-hybridized carbons (Fsp3) is 0.889. The first-order valence-electron chi connectivity index (χ1n) is 5.14. The number of hydrazine groups is 1. The number of rotatable bonds is 6. The van der Waals surface area contributed by atoms with Gasteiger partial charge in [0.1, 0.15) is 0 Å². The third-order valence-electron chi connectivity index (χ3n) is 2.70. The molecule has 3 N–H and O–H groups in total. The molecule has 1 saturated heterocycles. The van der Waals surface area contributed by atoms with Crippen molar-refractivity contribution in [2.45, 2.75) is 18.6 Å². The lowest BCUT2D eigenvalue weighted by atomic mass is 10.3. The topological polar surface area (TPSA) is 86.0 Å². The predicted octanol–water partition coefficient (Wildman–Crippen LogP) is -1.36. The van der Waals surface area contributed by atoms with Crippen LogP contribution in [0, 0.1) is 0 Å². The van der Waals surface area contributed by atoms with Crippen LogP contribution < -0.4 is 11.4 Å². The zero-order valence-electron chi connectivity index (χ0n) is 9.64. The van der Waals surface area contributed by atoms with Crippen molar-refractivity contribution in [2.24, 2.45) is 5.84 Å². The number of methoxy groups -OCH3 is 2. The highest BCUT2D eigenvalue weighted by atomic mass is 16.7. The first-order valence-corrected chi connectivity index (χ1v) is 5.14. The quantitative estimate of drug-likeness (QED) is 0.433. The Kier molecular flexibility index (Phi) is 5.64. The van der Waals surface area contributed by atoms with Crippen molar-refractivity contribution in [3.8, 4) is 0 Å². The molecular formula is C9H19N3O4. The van der Waals surface area contributed by atoms with Gasteiger partial charge in [-0.2, -0.15) is 0 Å². The molecular weight excluding hydrogens is 214 g/mol. The van der Waals surface area contributed by atoms with Gasteiger partial charge in [-0.1, -0.05) is 5.59 Å². The lowest BCUT2D eigenvalue weighted by molar-refractivity contribution is -0.151. The number of hydrogen-bond acceptors (Lipinski definition) is 7. The molecule has 0 spiro atoms. The molecule has 0 aromatic carbocycles. The summed E-state index contributed by atoms with van der Waals surface area (Å²) in [6.45, 7) is 2.14. The highest BCUT2D eigenvalue weighted by Gasteiger charge is 2.32. The second kappa shape index (κ2) is 6.77. The lowest BCUT2D eigenvalue weighted by Crippen LogP contribution is -2.30. The van der Waals surface area contributed by atoms with Gasteiger partial charge < -0.3 is 14.3 Å². The summed E-state index contributed by atoms with van der Waals surface area (Å²) in [6.07, 6.45) is 0.416. The lowest BCUT2D eigenvalue weighted by Gasteiger charge is -2.13. The van der Waals surface area contributed by atoms with Crippen LogP contribution in [0.4, 0.5) is 0 Å². The molecule has 0 bridgehead atoms. The summed E-state index contributed by atoms with van der Waals surface area (Å²) in [4.78, 5) is 17.6. The van der Waals surface area contributed by atoms with E-state index in [1.165, 1.54) is 0 Å². The van der Waals surface area contributed by atoms with Crippen LogP contribution in [0.5, 0.6) is 0 Å². The molecule has 0 saturated carbocycles. The third kappa shape index (κ3) is 3.69. The van der Waals surface area contributed by atoms with Crippen LogP contribution in [0.25, 0.3) is 0 Å². The number of nitrogens with one attached hydrogen (secondary N) is 1. The Bertz CT molecular complexity index is 215. The maximum Gasteiger partial charge on any atom is 0.327 e. The Morgan fingerprint density at radius 2 is 1.94 bits per heavy atom. The molecule has 1 fully saturated rings.